The highest BCUT2D eigenvalue weighted by atomic mass is 16.5. The fourth-order valence-electron chi connectivity index (χ4n) is 2.07. The molecule has 1 fully saturated rings. The predicted octanol–water partition coefficient (Wildman–Crippen LogP) is 1.26. The normalized spacial score (nSPS) is 32.1. The van der Waals surface area contributed by atoms with E-state index in [1.54, 1.807) is 0 Å². The minimum atomic E-state index is -0.572. The van der Waals surface area contributed by atoms with Gasteiger partial charge in [-0.1, -0.05) is 6.92 Å². The fourth-order valence-corrected chi connectivity index (χ4v) is 2.07. The summed E-state index contributed by atoms with van der Waals surface area (Å²) < 4.78 is 5.51. The van der Waals surface area contributed by atoms with E-state index in [1.165, 1.54) is 0 Å². The van der Waals surface area contributed by atoms with Gasteiger partial charge in [0, 0.05) is 19.2 Å². The van der Waals surface area contributed by atoms with Gasteiger partial charge in [0.25, 0.3) is 0 Å². The molecule has 0 aliphatic carbocycles. The first-order chi connectivity index (χ1) is 6.46. The van der Waals surface area contributed by atoms with Crippen molar-refractivity contribution in [3.63, 3.8) is 0 Å². The Hall–Kier alpha value is -0.120. The van der Waals surface area contributed by atoms with Gasteiger partial charge in [-0.2, -0.15) is 0 Å². The highest BCUT2D eigenvalue weighted by molar-refractivity contribution is 4.84. The van der Waals surface area contributed by atoms with E-state index in [-0.39, 0.29) is 0 Å². The van der Waals surface area contributed by atoms with Crippen molar-refractivity contribution in [2.24, 2.45) is 0 Å². The molecule has 3 nitrogen and oxygen atoms in total. The molecule has 3 atom stereocenters. The minimum absolute atomic E-state index is 0.299. The lowest BCUT2D eigenvalue weighted by atomic mass is 10.0. The lowest BCUT2D eigenvalue weighted by Gasteiger charge is -2.33. The van der Waals surface area contributed by atoms with Crippen LogP contribution in [0.5, 0.6) is 0 Å². The lowest BCUT2D eigenvalue weighted by molar-refractivity contribution is 0.000411. The van der Waals surface area contributed by atoms with Crippen LogP contribution in [0.15, 0.2) is 0 Å². The summed E-state index contributed by atoms with van der Waals surface area (Å²) in [6.07, 6.45) is 2.17. The Balaban J connectivity index is 2.45. The lowest BCUT2D eigenvalue weighted by Crippen LogP contribution is -2.45. The molecule has 84 valence electrons. The topological polar surface area (TPSA) is 32.7 Å². The van der Waals surface area contributed by atoms with Gasteiger partial charge in [-0.15, -0.1) is 0 Å². The number of rotatable bonds is 4. The first-order valence-electron chi connectivity index (χ1n) is 5.50. The number of nitrogens with zero attached hydrogens (tertiary/aromatic N) is 1. The van der Waals surface area contributed by atoms with Crippen LogP contribution in [0.25, 0.3) is 0 Å². The van der Waals surface area contributed by atoms with Gasteiger partial charge < -0.3 is 9.84 Å². The van der Waals surface area contributed by atoms with Crippen LogP contribution in [0.1, 0.15) is 33.6 Å². The van der Waals surface area contributed by atoms with Crippen LogP contribution in [0.3, 0.4) is 0 Å². The molecule has 0 aromatic heterocycles. The molecule has 1 saturated heterocycles. The molecule has 3 unspecified atom stereocenters. The summed E-state index contributed by atoms with van der Waals surface area (Å²) in [4.78, 5) is 2.22. The highest BCUT2D eigenvalue weighted by Gasteiger charge is 2.31. The van der Waals surface area contributed by atoms with Crippen LogP contribution in [0.4, 0.5) is 0 Å². The maximum atomic E-state index is 9.96. The summed E-state index contributed by atoms with van der Waals surface area (Å²) in [5.41, 5.74) is -0.572. The maximum Gasteiger partial charge on any atom is 0.0743 e. The Morgan fingerprint density at radius 1 is 1.57 bits per heavy atom. The van der Waals surface area contributed by atoms with E-state index < -0.39 is 5.60 Å². The van der Waals surface area contributed by atoms with Gasteiger partial charge in [0.15, 0.2) is 0 Å². The van der Waals surface area contributed by atoms with E-state index in [9.17, 15) is 5.11 Å². The Bertz CT molecular complexity index is 182. The molecule has 0 aromatic carbocycles. The minimum Gasteiger partial charge on any atom is -0.389 e. The van der Waals surface area contributed by atoms with E-state index in [1.807, 2.05) is 13.8 Å². The molecule has 14 heavy (non-hydrogen) atoms. The van der Waals surface area contributed by atoms with Gasteiger partial charge in [0.1, 0.15) is 0 Å². The Morgan fingerprint density at radius 2 is 2.21 bits per heavy atom. The molecule has 0 bridgehead atoms. The number of ether oxygens (including phenoxy) is 1. The van der Waals surface area contributed by atoms with Crippen molar-refractivity contribution in [2.75, 3.05) is 20.2 Å². The van der Waals surface area contributed by atoms with E-state index >= 15 is 0 Å². The molecular weight excluding hydrogens is 178 g/mol. The van der Waals surface area contributed by atoms with Gasteiger partial charge in [-0.3, -0.25) is 4.90 Å². The maximum absolute atomic E-state index is 9.96. The SMILES string of the molecule is CCC(C)(O)CN(C)C1CCOC1C. The standard InChI is InChI=1S/C11H23NO2/c1-5-11(3,13)8-12(4)10-6-7-14-9(10)2/h9-10,13H,5-8H2,1-4H3. The van der Waals surface area contributed by atoms with Crippen LogP contribution in [0.2, 0.25) is 0 Å². The number of likely N-dealkylation sites (N-methyl/N-ethyl adjacent to an activating group) is 1. The second-order valence-corrected chi connectivity index (χ2v) is 4.70. The van der Waals surface area contributed by atoms with Crippen molar-refractivity contribution in [1.82, 2.24) is 4.90 Å². The second-order valence-electron chi connectivity index (χ2n) is 4.70. The van der Waals surface area contributed by atoms with Gasteiger partial charge in [0.05, 0.1) is 11.7 Å². The first-order valence-corrected chi connectivity index (χ1v) is 5.50. The number of hydrogen-bond acceptors (Lipinski definition) is 3. The molecule has 3 heteroatoms. The van der Waals surface area contributed by atoms with Crippen LogP contribution >= 0.6 is 0 Å². The zero-order chi connectivity index (χ0) is 10.8. The van der Waals surface area contributed by atoms with Crippen molar-refractivity contribution in [3.8, 4) is 0 Å². The van der Waals surface area contributed by atoms with E-state index in [2.05, 4.69) is 18.9 Å². The van der Waals surface area contributed by atoms with Crippen LogP contribution in [-0.2, 0) is 4.74 Å². The molecule has 0 amide bonds. The molecule has 1 aliphatic heterocycles. The van der Waals surface area contributed by atoms with Gasteiger partial charge in [0.2, 0.25) is 0 Å². The molecule has 0 radical (unpaired) electrons. The molecule has 0 aromatic rings. The number of aliphatic hydroxyl groups is 1. The number of hydrogen-bond donors (Lipinski definition) is 1. The predicted molar refractivity (Wildman–Crippen MR) is 57.4 cm³/mol. The Labute approximate surface area is 87.1 Å². The van der Waals surface area contributed by atoms with E-state index in [4.69, 9.17) is 4.74 Å². The zero-order valence-electron chi connectivity index (χ0n) is 9.79. The summed E-state index contributed by atoms with van der Waals surface area (Å²) in [5.74, 6) is 0. The summed E-state index contributed by atoms with van der Waals surface area (Å²) in [6.45, 7) is 7.59. The van der Waals surface area contributed by atoms with Crippen LogP contribution in [-0.4, -0.2) is 48.0 Å². The molecular formula is C11H23NO2. The highest BCUT2D eigenvalue weighted by Crippen LogP contribution is 2.20. The fraction of sp³-hybridized carbons (Fsp3) is 1.00. The van der Waals surface area contributed by atoms with E-state index in [0.717, 1.165) is 26.0 Å². The molecule has 1 heterocycles. The largest absolute Gasteiger partial charge is 0.389 e. The van der Waals surface area contributed by atoms with Gasteiger partial charge >= 0.3 is 0 Å². The average molecular weight is 201 g/mol. The van der Waals surface area contributed by atoms with Crippen LogP contribution in [0, 0.1) is 0 Å². The summed E-state index contributed by atoms with van der Waals surface area (Å²) >= 11 is 0. The van der Waals surface area contributed by atoms with Crippen molar-refractivity contribution in [2.45, 2.75) is 51.4 Å². The summed E-state index contributed by atoms with van der Waals surface area (Å²) in [7, 11) is 2.07. The summed E-state index contributed by atoms with van der Waals surface area (Å²) in [5, 5.41) is 9.96. The smallest absolute Gasteiger partial charge is 0.0743 e. The first kappa shape index (κ1) is 12.0. The molecule has 0 spiro atoms. The van der Waals surface area contributed by atoms with Gasteiger partial charge in [-0.05, 0) is 33.7 Å². The molecule has 1 aliphatic rings. The van der Waals surface area contributed by atoms with E-state index in [0.29, 0.717) is 12.1 Å². The molecule has 1 rings (SSSR count). The van der Waals surface area contributed by atoms with Crippen molar-refractivity contribution in [1.29, 1.82) is 0 Å². The average Bonchev–Trinajstić information content (AvgIpc) is 2.51. The third-order valence-corrected chi connectivity index (χ3v) is 3.25. The molecule has 1 N–H and O–H groups in total. The second kappa shape index (κ2) is 4.60. The molecule has 0 saturated carbocycles. The Morgan fingerprint density at radius 3 is 2.64 bits per heavy atom. The monoisotopic (exact) mass is 201 g/mol. The third kappa shape index (κ3) is 2.94. The van der Waals surface area contributed by atoms with Crippen molar-refractivity contribution >= 4 is 0 Å². The van der Waals surface area contributed by atoms with Crippen LogP contribution < -0.4 is 0 Å². The van der Waals surface area contributed by atoms with Gasteiger partial charge in [-0.25, -0.2) is 0 Å². The van der Waals surface area contributed by atoms with Crippen molar-refractivity contribution in [3.05, 3.63) is 0 Å². The summed E-state index contributed by atoms with van der Waals surface area (Å²) in [6, 6.07) is 0.466. The Kier molecular flexibility index (Phi) is 3.93. The van der Waals surface area contributed by atoms with Crippen molar-refractivity contribution < 1.29 is 9.84 Å². The third-order valence-electron chi connectivity index (χ3n) is 3.25. The quantitative estimate of drug-likeness (QED) is 0.743. The zero-order valence-corrected chi connectivity index (χ0v) is 9.79.